The molecule has 1 saturated carbocycles. The van der Waals surface area contributed by atoms with Gasteiger partial charge in [-0.05, 0) is 31.0 Å². The van der Waals surface area contributed by atoms with Crippen LogP contribution in [0.15, 0.2) is 30.5 Å². The number of nitrogens with two attached hydrogens (primary N) is 2. The number of hydrogen-bond donors (Lipinski definition) is 4. The lowest BCUT2D eigenvalue weighted by molar-refractivity contribution is 0.0361. The maximum atomic E-state index is 14.9. The van der Waals surface area contributed by atoms with Crippen molar-refractivity contribution in [3.63, 3.8) is 0 Å². The first-order valence-electron chi connectivity index (χ1n) is 12.5. The number of hydrogen-bond acceptors (Lipinski definition) is 8. The summed E-state index contributed by atoms with van der Waals surface area (Å²) in [5, 5.41) is 11.8. The van der Waals surface area contributed by atoms with Gasteiger partial charge in [0.2, 0.25) is 0 Å². The molecule has 2 unspecified atom stereocenters. The minimum absolute atomic E-state index is 0.0253. The third kappa shape index (κ3) is 5.28. The van der Waals surface area contributed by atoms with E-state index in [1.54, 1.807) is 6.20 Å². The number of halogens is 1. The van der Waals surface area contributed by atoms with Crippen LogP contribution in [-0.4, -0.2) is 70.5 Å². The van der Waals surface area contributed by atoms with Crippen LogP contribution in [-0.2, 0) is 11.3 Å². The van der Waals surface area contributed by atoms with Gasteiger partial charge in [-0.3, -0.25) is 14.4 Å². The minimum atomic E-state index is -0.766. The summed E-state index contributed by atoms with van der Waals surface area (Å²) in [6.45, 7) is 4.96. The Kier molecular flexibility index (Phi) is 7.30. The van der Waals surface area contributed by atoms with Crippen LogP contribution in [0, 0.1) is 5.82 Å². The molecule has 1 aliphatic heterocycles. The number of carbonyl (C=O) groups excluding carboxylic acids is 1. The summed E-state index contributed by atoms with van der Waals surface area (Å²) in [5.41, 5.74) is 13.4. The van der Waals surface area contributed by atoms with Crippen LogP contribution in [0.1, 0.15) is 36.0 Å². The Morgan fingerprint density at radius 2 is 1.97 bits per heavy atom. The van der Waals surface area contributed by atoms with E-state index in [9.17, 15) is 9.18 Å². The molecule has 2 aromatic heterocycles. The van der Waals surface area contributed by atoms with Crippen LogP contribution in [0.3, 0.4) is 0 Å². The normalized spacial score (nSPS) is 20.9. The number of nitrogens with zero attached hydrogens (tertiary/aromatic N) is 4. The first-order valence-corrected chi connectivity index (χ1v) is 12.5. The number of rotatable bonds is 8. The van der Waals surface area contributed by atoms with Gasteiger partial charge in [0.1, 0.15) is 5.82 Å². The molecule has 2 fully saturated rings. The second-order valence-electron chi connectivity index (χ2n) is 9.46. The number of morpholine rings is 1. The molecule has 5 rings (SSSR count). The summed E-state index contributed by atoms with van der Waals surface area (Å²) in [6.07, 6.45) is 5.58. The molecule has 36 heavy (non-hydrogen) atoms. The van der Waals surface area contributed by atoms with Gasteiger partial charge in [0.25, 0.3) is 5.91 Å². The standard InChI is InChI=1S/C25H33FN8O2/c26-18-14-16(23(28)35)24(32-25(18)31-21-5-2-1-4-19(21)27)30-20-6-3-7-22-17(20)15-29-34(22)9-8-33-10-12-36-13-11-33/h3,6-7,14-15,19,21H,1-2,4-5,8-13,27H2,(H2,28,35)(H2,30,31,32). The molecule has 1 saturated heterocycles. The zero-order valence-corrected chi connectivity index (χ0v) is 20.3. The Labute approximate surface area is 209 Å². The zero-order valence-electron chi connectivity index (χ0n) is 20.3. The van der Waals surface area contributed by atoms with Crippen molar-refractivity contribution in [2.75, 3.05) is 43.5 Å². The van der Waals surface area contributed by atoms with Crippen molar-refractivity contribution in [3.8, 4) is 0 Å². The quantitative estimate of drug-likeness (QED) is 0.373. The lowest BCUT2D eigenvalue weighted by atomic mass is 9.91. The van der Waals surface area contributed by atoms with Gasteiger partial charge in [-0.2, -0.15) is 5.10 Å². The monoisotopic (exact) mass is 496 g/mol. The van der Waals surface area contributed by atoms with Crippen LogP contribution < -0.4 is 22.1 Å². The molecule has 0 radical (unpaired) electrons. The number of aromatic nitrogens is 3. The molecule has 0 bridgehead atoms. The van der Waals surface area contributed by atoms with Gasteiger partial charge in [-0.1, -0.05) is 18.9 Å². The summed E-state index contributed by atoms with van der Waals surface area (Å²) >= 11 is 0. The van der Waals surface area contributed by atoms with E-state index in [2.05, 4.69) is 25.6 Å². The minimum Gasteiger partial charge on any atom is -0.379 e. The number of primary amides is 1. The van der Waals surface area contributed by atoms with Gasteiger partial charge in [0.05, 0.1) is 42.7 Å². The van der Waals surface area contributed by atoms with E-state index in [0.29, 0.717) is 5.69 Å². The maximum absolute atomic E-state index is 14.9. The molecule has 192 valence electrons. The molecule has 2 atom stereocenters. The Bertz CT molecular complexity index is 1230. The summed E-state index contributed by atoms with van der Waals surface area (Å²) in [6, 6.07) is 6.74. The Balaban J connectivity index is 1.40. The van der Waals surface area contributed by atoms with Gasteiger partial charge in [0, 0.05) is 37.1 Å². The molecule has 3 heterocycles. The SMILES string of the molecule is NC(=O)c1cc(F)c(NC2CCCCC2N)nc1Nc1cccc2c1cnn2CCN1CCOCC1. The average Bonchev–Trinajstić information content (AvgIpc) is 3.30. The maximum Gasteiger partial charge on any atom is 0.252 e. The molecule has 10 nitrogen and oxygen atoms in total. The fourth-order valence-corrected chi connectivity index (χ4v) is 4.97. The molecule has 1 aromatic carbocycles. The van der Waals surface area contributed by atoms with E-state index >= 15 is 0 Å². The second kappa shape index (κ2) is 10.8. The summed E-state index contributed by atoms with van der Waals surface area (Å²) in [4.78, 5) is 18.9. The van der Waals surface area contributed by atoms with Gasteiger partial charge in [-0.25, -0.2) is 9.37 Å². The van der Waals surface area contributed by atoms with E-state index in [-0.39, 0.29) is 29.3 Å². The number of nitrogens with one attached hydrogen (secondary N) is 2. The molecule has 3 aromatic rings. The van der Waals surface area contributed by atoms with Crippen LogP contribution in [0.2, 0.25) is 0 Å². The number of anilines is 3. The highest BCUT2D eigenvalue weighted by Gasteiger charge is 2.25. The molecule has 2 aliphatic rings. The Hall–Kier alpha value is -3.28. The first-order chi connectivity index (χ1) is 17.5. The Morgan fingerprint density at radius 1 is 1.17 bits per heavy atom. The van der Waals surface area contributed by atoms with Crippen molar-refractivity contribution in [1.29, 1.82) is 0 Å². The van der Waals surface area contributed by atoms with Gasteiger partial charge in [-0.15, -0.1) is 0 Å². The molecule has 11 heteroatoms. The topological polar surface area (TPSA) is 136 Å². The lowest BCUT2D eigenvalue weighted by Crippen LogP contribution is -2.43. The van der Waals surface area contributed by atoms with E-state index in [0.717, 1.165) is 82.0 Å². The van der Waals surface area contributed by atoms with Gasteiger partial charge >= 0.3 is 0 Å². The van der Waals surface area contributed by atoms with Crippen molar-refractivity contribution < 1.29 is 13.9 Å². The number of pyridine rings is 1. The average molecular weight is 497 g/mol. The van der Waals surface area contributed by atoms with Crippen LogP contribution >= 0.6 is 0 Å². The fraction of sp³-hybridized carbons (Fsp3) is 0.480. The first kappa shape index (κ1) is 24.4. The number of carbonyl (C=O) groups is 1. The van der Waals surface area contributed by atoms with Crippen LogP contribution in [0.25, 0.3) is 10.9 Å². The summed E-state index contributed by atoms with van der Waals surface area (Å²) in [5.74, 6) is -1.16. The van der Waals surface area contributed by atoms with Crippen LogP contribution in [0.4, 0.5) is 21.7 Å². The van der Waals surface area contributed by atoms with Crippen molar-refractivity contribution in [3.05, 3.63) is 41.8 Å². The third-order valence-corrected chi connectivity index (χ3v) is 7.06. The largest absolute Gasteiger partial charge is 0.379 e. The highest BCUT2D eigenvalue weighted by molar-refractivity contribution is 6.00. The van der Waals surface area contributed by atoms with E-state index in [1.807, 2.05) is 22.9 Å². The smallest absolute Gasteiger partial charge is 0.252 e. The number of amides is 1. The van der Waals surface area contributed by atoms with E-state index in [4.69, 9.17) is 16.2 Å². The van der Waals surface area contributed by atoms with Gasteiger partial charge in [0.15, 0.2) is 11.6 Å². The number of ether oxygens (including phenoxy) is 1. The third-order valence-electron chi connectivity index (χ3n) is 7.06. The molecule has 1 amide bonds. The summed E-state index contributed by atoms with van der Waals surface area (Å²) < 4.78 is 22.3. The van der Waals surface area contributed by atoms with E-state index in [1.165, 1.54) is 0 Å². The lowest BCUT2D eigenvalue weighted by Gasteiger charge is -2.30. The van der Waals surface area contributed by atoms with Crippen molar-refractivity contribution in [1.82, 2.24) is 19.7 Å². The van der Waals surface area contributed by atoms with Crippen molar-refractivity contribution in [2.45, 2.75) is 44.3 Å². The predicted molar refractivity (Wildman–Crippen MR) is 137 cm³/mol. The van der Waals surface area contributed by atoms with Crippen molar-refractivity contribution in [2.24, 2.45) is 11.5 Å². The fourth-order valence-electron chi connectivity index (χ4n) is 4.97. The zero-order chi connectivity index (χ0) is 25.1. The molecule has 0 spiro atoms. The Morgan fingerprint density at radius 3 is 2.75 bits per heavy atom. The molecular weight excluding hydrogens is 463 g/mol. The van der Waals surface area contributed by atoms with Crippen molar-refractivity contribution >= 4 is 34.1 Å². The number of benzene rings is 1. The second-order valence-corrected chi connectivity index (χ2v) is 9.46. The molecular formula is C25H33FN8O2. The highest BCUT2D eigenvalue weighted by Crippen LogP contribution is 2.30. The molecule has 1 aliphatic carbocycles. The highest BCUT2D eigenvalue weighted by atomic mass is 19.1. The van der Waals surface area contributed by atoms with Gasteiger partial charge < -0.3 is 26.8 Å². The predicted octanol–water partition coefficient (Wildman–Crippen LogP) is 2.43. The van der Waals surface area contributed by atoms with E-state index < -0.39 is 11.7 Å². The molecule has 6 N–H and O–H groups in total. The van der Waals surface area contributed by atoms with Crippen LogP contribution in [0.5, 0.6) is 0 Å². The summed E-state index contributed by atoms with van der Waals surface area (Å²) in [7, 11) is 0. The number of fused-ring (bicyclic) bond motifs is 1.